The second-order valence-corrected chi connectivity index (χ2v) is 4.28. The van der Waals surface area contributed by atoms with Crippen LogP contribution in [0.4, 0.5) is 0 Å². The summed E-state index contributed by atoms with van der Waals surface area (Å²) in [6.07, 6.45) is 2.36. The lowest BCUT2D eigenvalue weighted by Gasteiger charge is -2.15. The van der Waals surface area contributed by atoms with Crippen LogP contribution in [0.15, 0.2) is 18.5 Å². The smallest absolute Gasteiger partial charge is 0.252 e. The molecule has 2 N–H and O–H groups in total. The summed E-state index contributed by atoms with van der Waals surface area (Å²) in [4.78, 5) is 15.4. The lowest BCUT2D eigenvalue weighted by Crippen LogP contribution is -2.34. The topological polar surface area (TPSA) is 62.2 Å². The molecule has 1 atom stereocenters. The van der Waals surface area contributed by atoms with Crippen LogP contribution < -0.4 is 5.32 Å². The number of aromatic nitrogens is 1. The number of carbonyl (C=O) groups excluding carboxylic acids is 1. The van der Waals surface area contributed by atoms with E-state index in [-0.39, 0.29) is 18.4 Å². The highest BCUT2D eigenvalue weighted by molar-refractivity contribution is 6.33. The van der Waals surface area contributed by atoms with Crippen LogP contribution in [-0.2, 0) is 0 Å². The van der Waals surface area contributed by atoms with Crippen molar-refractivity contribution in [2.45, 2.75) is 20.0 Å². The minimum absolute atomic E-state index is 0.105. The van der Waals surface area contributed by atoms with Crippen LogP contribution in [0.1, 0.15) is 24.2 Å². The van der Waals surface area contributed by atoms with Crippen molar-refractivity contribution in [3.8, 4) is 0 Å². The van der Waals surface area contributed by atoms with Crippen molar-refractivity contribution in [1.82, 2.24) is 10.3 Å². The molecule has 0 saturated heterocycles. The third-order valence-corrected chi connectivity index (χ3v) is 2.56. The molecule has 0 aliphatic heterocycles. The quantitative estimate of drug-likeness (QED) is 0.841. The van der Waals surface area contributed by atoms with E-state index in [4.69, 9.17) is 11.6 Å². The molecule has 88 valence electrons. The Morgan fingerprint density at radius 1 is 1.62 bits per heavy atom. The van der Waals surface area contributed by atoms with Gasteiger partial charge >= 0.3 is 0 Å². The molecule has 1 unspecified atom stereocenters. The zero-order chi connectivity index (χ0) is 12.1. The Morgan fingerprint density at radius 3 is 2.88 bits per heavy atom. The highest BCUT2D eigenvalue weighted by Gasteiger charge is 2.13. The third kappa shape index (κ3) is 3.47. The first kappa shape index (κ1) is 12.9. The van der Waals surface area contributed by atoms with Crippen molar-refractivity contribution in [3.63, 3.8) is 0 Å². The van der Waals surface area contributed by atoms with Gasteiger partial charge in [0.2, 0.25) is 0 Å². The summed E-state index contributed by atoms with van der Waals surface area (Å²) < 4.78 is 0. The largest absolute Gasteiger partial charge is 0.391 e. The maximum Gasteiger partial charge on any atom is 0.252 e. The summed E-state index contributed by atoms with van der Waals surface area (Å²) in [7, 11) is 0. The fraction of sp³-hybridized carbons (Fsp3) is 0.455. The number of nitrogens with zero attached hydrogens (tertiary/aromatic N) is 1. The van der Waals surface area contributed by atoms with Crippen molar-refractivity contribution in [3.05, 3.63) is 29.0 Å². The molecule has 0 aromatic carbocycles. The zero-order valence-electron chi connectivity index (χ0n) is 9.27. The van der Waals surface area contributed by atoms with Gasteiger partial charge in [-0.15, -0.1) is 0 Å². The van der Waals surface area contributed by atoms with Crippen molar-refractivity contribution in [2.75, 3.05) is 6.54 Å². The Labute approximate surface area is 99.6 Å². The van der Waals surface area contributed by atoms with Gasteiger partial charge in [-0.1, -0.05) is 25.4 Å². The Balaban J connectivity index is 2.57. The first-order chi connectivity index (χ1) is 7.52. The number of rotatable bonds is 4. The molecule has 0 radical (unpaired) electrons. The van der Waals surface area contributed by atoms with Crippen LogP contribution in [0, 0.1) is 5.92 Å². The van der Waals surface area contributed by atoms with Gasteiger partial charge in [-0.3, -0.25) is 9.78 Å². The predicted molar refractivity (Wildman–Crippen MR) is 62.4 cm³/mol. The minimum atomic E-state index is -0.551. The molecule has 1 rings (SSSR count). The standard InChI is InChI=1S/C11H15ClN2O2/c1-7(2)10(15)6-14-11(16)8-3-4-13-5-9(8)12/h3-5,7,10,15H,6H2,1-2H3,(H,14,16). The molecule has 0 fully saturated rings. The fourth-order valence-corrected chi connectivity index (χ4v) is 1.29. The number of carbonyl (C=O) groups is 1. The van der Waals surface area contributed by atoms with E-state index >= 15 is 0 Å². The van der Waals surface area contributed by atoms with Gasteiger partial charge in [0.25, 0.3) is 5.91 Å². The lowest BCUT2D eigenvalue weighted by molar-refractivity contribution is 0.0871. The van der Waals surface area contributed by atoms with Crippen LogP contribution in [0.25, 0.3) is 0 Å². The number of halogens is 1. The normalized spacial score (nSPS) is 12.6. The number of amides is 1. The third-order valence-electron chi connectivity index (χ3n) is 2.26. The van der Waals surface area contributed by atoms with Crippen LogP contribution >= 0.6 is 11.6 Å². The molecule has 5 heteroatoms. The zero-order valence-corrected chi connectivity index (χ0v) is 10.0. The van der Waals surface area contributed by atoms with E-state index in [2.05, 4.69) is 10.3 Å². The average molecular weight is 243 g/mol. The molecule has 1 heterocycles. The van der Waals surface area contributed by atoms with Gasteiger partial charge in [-0.05, 0) is 12.0 Å². The average Bonchev–Trinajstić information content (AvgIpc) is 2.25. The number of pyridine rings is 1. The number of hydrogen-bond acceptors (Lipinski definition) is 3. The van der Waals surface area contributed by atoms with Gasteiger partial charge < -0.3 is 10.4 Å². The molecule has 0 bridgehead atoms. The van der Waals surface area contributed by atoms with Gasteiger partial charge in [0.05, 0.1) is 16.7 Å². The number of aliphatic hydroxyl groups is 1. The molecule has 4 nitrogen and oxygen atoms in total. The van der Waals surface area contributed by atoms with Gasteiger partial charge in [0.1, 0.15) is 0 Å². The predicted octanol–water partition coefficient (Wildman–Crippen LogP) is 1.48. The molecule has 16 heavy (non-hydrogen) atoms. The van der Waals surface area contributed by atoms with E-state index in [9.17, 15) is 9.90 Å². The van der Waals surface area contributed by atoms with E-state index in [0.717, 1.165) is 0 Å². The molecule has 0 spiro atoms. The lowest BCUT2D eigenvalue weighted by atomic mass is 10.1. The van der Waals surface area contributed by atoms with Crippen molar-refractivity contribution < 1.29 is 9.90 Å². The minimum Gasteiger partial charge on any atom is -0.391 e. The summed E-state index contributed by atoms with van der Waals surface area (Å²) in [5, 5.41) is 12.5. The molecule has 0 aliphatic rings. The summed E-state index contributed by atoms with van der Waals surface area (Å²) in [6.45, 7) is 3.99. The second kappa shape index (κ2) is 5.82. The van der Waals surface area contributed by atoms with E-state index in [0.29, 0.717) is 10.6 Å². The van der Waals surface area contributed by atoms with Gasteiger partial charge in [-0.2, -0.15) is 0 Å². The van der Waals surface area contributed by atoms with Crippen LogP contribution in [0.3, 0.4) is 0 Å². The Hall–Kier alpha value is -1.13. The Kier molecular flexibility index (Phi) is 4.71. The molecule has 1 aromatic rings. The Bertz CT molecular complexity index is 369. The summed E-state index contributed by atoms with van der Waals surface area (Å²) in [5.41, 5.74) is 0.368. The molecule has 0 aliphatic carbocycles. The highest BCUT2D eigenvalue weighted by Crippen LogP contribution is 2.12. The van der Waals surface area contributed by atoms with E-state index in [1.807, 2.05) is 13.8 Å². The summed E-state index contributed by atoms with van der Waals surface area (Å²) in [5.74, 6) is -0.194. The molecular formula is C11H15ClN2O2. The number of aliphatic hydroxyl groups excluding tert-OH is 1. The molecule has 1 aromatic heterocycles. The van der Waals surface area contributed by atoms with Crippen LogP contribution in [0.2, 0.25) is 5.02 Å². The molecular weight excluding hydrogens is 228 g/mol. The van der Waals surface area contributed by atoms with Crippen molar-refractivity contribution in [2.24, 2.45) is 5.92 Å². The summed E-state index contributed by atoms with van der Waals surface area (Å²) in [6, 6.07) is 1.54. The number of nitrogens with one attached hydrogen (secondary N) is 1. The molecule has 0 saturated carbocycles. The van der Waals surface area contributed by atoms with Gasteiger partial charge in [0, 0.05) is 18.9 Å². The van der Waals surface area contributed by atoms with Crippen molar-refractivity contribution in [1.29, 1.82) is 0 Å². The SMILES string of the molecule is CC(C)C(O)CNC(=O)c1ccncc1Cl. The second-order valence-electron chi connectivity index (χ2n) is 3.88. The molecule has 1 amide bonds. The van der Waals surface area contributed by atoms with Gasteiger partial charge in [-0.25, -0.2) is 0 Å². The van der Waals surface area contributed by atoms with Crippen LogP contribution in [0.5, 0.6) is 0 Å². The van der Waals surface area contributed by atoms with Crippen molar-refractivity contribution >= 4 is 17.5 Å². The monoisotopic (exact) mass is 242 g/mol. The fourth-order valence-electron chi connectivity index (χ4n) is 1.09. The maximum absolute atomic E-state index is 11.7. The highest BCUT2D eigenvalue weighted by atomic mass is 35.5. The maximum atomic E-state index is 11.7. The number of hydrogen-bond donors (Lipinski definition) is 2. The van der Waals surface area contributed by atoms with Crippen LogP contribution in [-0.4, -0.2) is 28.6 Å². The van der Waals surface area contributed by atoms with E-state index < -0.39 is 6.10 Å². The van der Waals surface area contributed by atoms with Gasteiger partial charge in [0.15, 0.2) is 0 Å². The first-order valence-corrected chi connectivity index (χ1v) is 5.46. The van der Waals surface area contributed by atoms with E-state index in [1.165, 1.54) is 12.4 Å². The first-order valence-electron chi connectivity index (χ1n) is 5.08. The summed E-state index contributed by atoms with van der Waals surface area (Å²) >= 11 is 5.81. The van der Waals surface area contributed by atoms with E-state index in [1.54, 1.807) is 6.07 Å². The Morgan fingerprint density at radius 2 is 2.31 bits per heavy atom.